The lowest BCUT2D eigenvalue weighted by Crippen LogP contribution is -2.11. The predicted molar refractivity (Wildman–Crippen MR) is 105 cm³/mol. The van der Waals surface area contributed by atoms with Gasteiger partial charge in [0.2, 0.25) is 0 Å². The minimum Gasteiger partial charge on any atom is -0.462 e. The maximum atomic E-state index is 12.6. The monoisotopic (exact) mass is 411 g/mol. The van der Waals surface area contributed by atoms with E-state index in [1.807, 2.05) is 12.1 Å². The molecule has 0 bridgehead atoms. The number of anilines is 1. The van der Waals surface area contributed by atoms with E-state index in [9.17, 15) is 14.9 Å². The van der Waals surface area contributed by atoms with Crippen LogP contribution in [0.3, 0.4) is 0 Å². The molecule has 3 rings (SSSR count). The van der Waals surface area contributed by atoms with Crippen LogP contribution in [0, 0.1) is 18.3 Å². The summed E-state index contributed by atoms with van der Waals surface area (Å²) < 4.78 is 11.9. The third kappa shape index (κ3) is 3.95. The summed E-state index contributed by atoms with van der Waals surface area (Å²) >= 11 is 0.930. The standard InChI is InChI=1S/C19H17N5O4S/c1-3-27-19(26)16-14(12(8-20)17(21)29-16)10-28-18(25)13-9-23-24(11(13)2)15-6-4-5-7-22-15/h4-7,9H,3,10,21H2,1-2H3. The zero-order valence-corrected chi connectivity index (χ0v) is 16.5. The van der Waals surface area contributed by atoms with Crippen LogP contribution in [0.4, 0.5) is 5.00 Å². The van der Waals surface area contributed by atoms with Crippen molar-refractivity contribution in [2.75, 3.05) is 12.3 Å². The second-order valence-electron chi connectivity index (χ2n) is 5.80. The average Bonchev–Trinajstić information content (AvgIpc) is 3.26. The molecule has 148 valence electrons. The van der Waals surface area contributed by atoms with E-state index in [-0.39, 0.29) is 39.8 Å². The van der Waals surface area contributed by atoms with E-state index in [0.717, 1.165) is 11.3 Å². The number of nitrogen functional groups attached to an aromatic ring is 1. The molecule has 0 fully saturated rings. The Bertz CT molecular complexity index is 1100. The summed E-state index contributed by atoms with van der Waals surface area (Å²) in [6.45, 7) is 3.26. The van der Waals surface area contributed by atoms with Gasteiger partial charge in [-0.25, -0.2) is 19.3 Å². The van der Waals surface area contributed by atoms with Crippen molar-refractivity contribution in [1.82, 2.24) is 14.8 Å². The number of thiophene rings is 1. The summed E-state index contributed by atoms with van der Waals surface area (Å²) in [6, 6.07) is 7.29. The first-order chi connectivity index (χ1) is 14.0. The summed E-state index contributed by atoms with van der Waals surface area (Å²) in [7, 11) is 0. The SMILES string of the molecule is CCOC(=O)c1sc(N)c(C#N)c1COC(=O)c1cnn(-c2ccccn2)c1C. The van der Waals surface area contributed by atoms with E-state index in [0.29, 0.717) is 11.5 Å². The van der Waals surface area contributed by atoms with Crippen LogP contribution >= 0.6 is 11.3 Å². The maximum absolute atomic E-state index is 12.6. The average molecular weight is 411 g/mol. The Kier molecular flexibility index (Phi) is 5.90. The number of nitriles is 1. The molecule has 0 aliphatic carbocycles. The molecule has 2 N–H and O–H groups in total. The van der Waals surface area contributed by atoms with Gasteiger partial charge < -0.3 is 15.2 Å². The lowest BCUT2D eigenvalue weighted by molar-refractivity contribution is 0.0452. The number of ether oxygens (including phenoxy) is 2. The molecule has 0 aliphatic rings. The van der Waals surface area contributed by atoms with Gasteiger partial charge >= 0.3 is 11.9 Å². The number of hydrogen-bond acceptors (Lipinski definition) is 9. The summed E-state index contributed by atoms with van der Waals surface area (Å²) in [5, 5.41) is 13.7. The van der Waals surface area contributed by atoms with E-state index in [4.69, 9.17) is 15.2 Å². The molecule has 0 amide bonds. The molecule has 0 unspecified atom stereocenters. The Morgan fingerprint density at radius 1 is 1.31 bits per heavy atom. The minimum atomic E-state index is -0.645. The molecular weight excluding hydrogens is 394 g/mol. The summed E-state index contributed by atoms with van der Waals surface area (Å²) in [4.78, 5) is 29.1. The van der Waals surface area contributed by atoms with E-state index in [1.165, 1.54) is 10.9 Å². The molecule has 3 aromatic heterocycles. The largest absolute Gasteiger partial charge is 0.462 e. The molecule has 3 aromatic rings. The Morgan fingerprint density at radius 2 is 2.10 bits per heavy atom. The van der Waals surface area contributed by atoms with Gasteiger partial charge in [0, 0.05) is 11.8 Å². The van der Waals surface area contributed by atoms with Crippen molar-refractivity contribution in [2.24, 2.45) is 0 Å². The molecule has 0 saturated heterocycles. The van der Waals surface area contributed by atoms with Crippen molar-refractivity contribution >= 4 is 28.3 Å². The van der Waals surface area contributed by atoms with Crippen molar-refractivity contribution in [3.05, 3.63) is 57.9 Å². The zero-order chi connectivity index (χ0) is 21.0. The number of rotatable bonds is 6. The Hall–Kier alpha value is -3.71. The van der Waals surface area contributed by atoms with Gasteiger partial charge in [-0.3, -0.25) is 0 Å². The van der Waals surface area contributed by atoms with Gasteiger partial charge in [0.05, 0.1) is 24.1 Å². The lowest BCUT2D eigenvalue weighted by Gasteiger charge is -2.07. The van der Waals surface area contributed by atoms with E-state index in [2.05, 4.69) is 10.1 Å². The van der Waals surface area contributed by atoms with Gasteiger partial charge in [0.25, 0.3) is 0 Å². The number of hydrogen-bond donors (Lipinski definition) is 1. The lowest BCUT2D eigenvalue weighted by atomic mass is 10.1. The van der Waals surface area contributed by atoms with Gasteiger partial charge in [0.15, 0.2) is 5.82 Å². The number of aromatic nitrogens is 3. The number of carbonyl (C=O) groups is 2. The topological polar surface area (TPSA) is 133 Å². The Morgan fingerprint density at radius 3 is 2.76 bits per heavy atom. The summed E-state index contributed by atoms with van der Waals surface area (Å²) in [6.07, 6.45) is 3.00. The fourth-order valence-electron chi connectivity index (χ4n) is 2.64. The quantitative estimate of drug-likeness (QED) is 0.612. The third-order valence-electron chi connectivity index (χ3n) is 4.05. The van der Waals surface area contributed by atoms with Crippen LogP contribution in [-0.4, -0.2) is 33.3 Å². The molecule has 0 aliphatic heterocycles. The van der Waals surface area contributed by atoms with Crippen molar-refractivity contribution in [3.8, 4) is 11.9 Å². The van der Waals surface area contributed by atoms with Crippen LogP contribution in [0.2, 0.25) is 0 Å². The van der Waals surface area contributed by atoms with E-state index < -0.39 is 11.9 Å². The molecule has 29 heavy (non-hydrogen) atoms. The number of esters is 2. The van der Waals surface area contributed by atoms with Crippen molar-refractivity contribution in [3.63, 3.8) is 0 Å². The fraction of sp³-hybridized carbons (Fsp3) is 0.211. The second-order valence-corrected chi connectivity index (χ2v) is 6.85. The number of nitrogens with two attached hydrogens (primary N) is 1. The molecule has 0 atom stereocenters. The van der Waals surface area contributed by atoms with E-state index in [1.54, 1.807) is 32.2 Å². The van der Waals surface area contributed by atoms with Gasteiger partial charge in [-0.2, -0.15) is 10.4 Å². The maximum Gasteiger partial charge on any atom is 0.348 e. The van der Waals surface area contributed by atoms with Crippen LogP contribution < -0.4 is 5.73 Å². The van der Waals surface area contributed by atoms with Gasteiger partial charge in [-0.15, -0.1) is 11.3 Å². The highest BCUT2D eigenvalue weighted by atomic mass is 32.1. The third-order valence-corrected chi connectivity index (χ3v) is 5.09. The van der Waals surface area contributed by atoms with Crippen LogP contribution in [0.1, 0.15) is 43.8 Å². The number of carbonyl (C=O) groups excluding carboxylic acids is 2. The van der Waals surface area contributed by atoms with Gasteiger partial charge in [-0.05, 0) is 26.0 Å². The highest BCUT2D eigenvalue weighted by Gasteiger charge is 2.25. The van der Waals surface area contributed by atoms with Gasteiger partial charge in [0.1, 0.15) is 28.1 Å². The number of pyridine rings is 1. The Labute approximate surface area is 170 Å². The highest BCUT2D eigenvalue weighted by molar-refractivity contribution is 7.18. The van der Waals surface area contributed by atoms with Gasteiger partial charge in [-0.1, -0.05) is 6.07 Å². The zero-order valence-electron chi connectivity index (χ0n) is 15.7. The predicted octanol–water partition coefficient (Wildman–Crippen LogP) is 2.62. The smallest absolute Gasteiger partial charge is 0.348 e. The first kappa shape index (κ1) is 20.0. The minimum absolute atomic E-state index is 0.103. The summed E-state index contributed by atoms with van der Waals surface area (Å²) in [5.74, 6) is -0.699. The van der Waals surface area contributed by atoms with Crippen LogP contribution in [0.5, 0.6) is 0 Å². The number of nitrogens with zero attached hydrogens (tertiary/aromatic N) is 4. The second kappa shape index (κ2) is 8.53. The first-order valence-electron chi connectivity index (χ1n) is 8.59. The normalized spacial score (nSPS) is 10.4. The molecule has 0 radical (unpaired) electrons. The van der Waals surface area contributed by atoms with Crippen molar-refractivity contribution in [1.29, 1.82) is 5.26 Å². The molecule has 0 aromatic carbocycles. The Balaban J connectivity index is 1.83. The molecule has 0 saturated carbocycles. The molecule has 3 heterocycles. The molecule has 10 heteroatoms. The molecular formula is C19H17N5O4S. The summed E-state index contributed by atoms with van der Waals surface area (Å²) in [5.41, 5.74) is 6.95. The van der Waals surface area contributed by atoms with Crippen LogP contribution in [-0.2, 0) is 16.1 Å². The van der Waals surface area contributed by atoms with Crippen molar-refractivity contribution < 1.29 is 19.1 Å². The first-order valence-corrected chi connectivity index (χ1v) is 9.41. The molecule has 9 nitrogen and oxygen atoms in total. The van der Waals surface area contributed by atoms with Crippen molar-refractivity contribution in [2.45, 2.75) is 20.5 Å². The fourth-order valence-corrected chi connectivity index (χ4v) is 3.56. The van der Waals surface area contributed by atoms with Crippen LogP contribution in [0.25, 0.3) is 5.82 Å². The van der Waals surface area contributed by atoms with Crippen LogP contribution in [0.15, 0.2) is 30.6 Å². The molecule has 0 spiro atoms. The van der Waals surface area contributed by atoms with E-state index >= 15 is 0 Å². The highest BCUT2D eigenvalue weighted by Crippen LogP contribution is 2.32.